The highest BCUT2D eigenvalue weighted by molar-refractivity contribution is 5.76. The molecular weight excluding hydrogens is 204 g/mol. The summed E-state index contributed by atoms with van der Waals surface area (Å²) in [5.74, 6) is 0.298. The number of likely N-dealkylation sites (tertiary alicyclic amines) is 1. The summed E-state index contributed by atoms with van der Waals surface area (Å²) in [6.07, 6.45) is 5.11. The van der Waals surface area contributed by atoms with Crippen LogP contribution in [0.25, 0.3) is 0 Å². The average Bonchev–Trinajstić information content (AvgIpc) is 2.58. The molecule has 2 aliphatic heterocycles. The standard InChI is InChI=1S/C12H22N2O2/c1-16-8-2-3-12(15)14-7-6-10-4-5-11(9-14)13-10/h10-11,13H,2-9H2,1H3. The fourth-order valence-corrected chi connectivity index (χ4v) is 2.70. The van der Waals surface area contributed by atoms with Gasteiger partial charge < -0.3 is 15.0 Å². The van der Waals surface area contributed by atoms with Gasteiger partial charge in [0.25, 0.3) is 0 Å². The maximum Gasteiger partial charge on any atom is 0.222 e. The van der Waals surface area contributed by atoms with Crippen LogP contribution in [0.3, 0.4) is 0 Å². The Hall–Kier alpha value is -0.610. The predicted octanol–water partition coefficient (Wildman–Crippen LogP) is 0.766. The van der Waals surface area contributed by atoms with Gasteiger partial charge in [0.2, 0.25) is 5.91 Å². The van der Waals surface area contributed by atoms with Gasteiger partial charge in [0.1, 0.15) is 0 Å². The van der Waals surface area contributed by atoms with Gasteiger partial charge in [0.05, 0.1) is 0 Å². The van der Waals surface area contributed by atoms with Crippen LogP contribution in [0.15, 0.2) is 0 Å². The lowest BCUT2D eigenvalue weighted by Gasteiger charge is -2.24. The van der Waals surface area contributed by atoms with Gasteiger partial charge in [-0.3, -0.25) is 4.79 Å². The van der Waals surface area contributed by atoms with Crippen LogP contribution in [0.1, 0.15) is 32.1 Å². The second kappa shape index (κ2) is 5.64. The number of hydrogen-bond donors (Lipinski definition) is 1. The van der Waals surface area contributed by atoms with E-state index in [0.29, 0.717) is 31.0 Å². The quantitative estimate of drug-likeness (QED) is 0.720. The molecule has 0 aromatic rings. The zero-order valence-electron chi connectivity index (χ0n) is 10.1. The zero-order valence-corrected chi connectivity index (χ0v) is 10.1. The van der Waals surface area contributed by atoms with Crippen molar-refractivity contribution in [2.24, 2.45) is 0 Å². The number of carbonyl (C=O) groups excluding carboxylic acids is 1. The molecule has 4 heteroatoms. The van der Waals surface area contributed by atoms with Gasteiger partial charge in [-0.2, -0.15) is 0 Å². The highest BCUT2D eigenvalue weighted by Crippen LogP contribution is 2.20. The summed E-state index contributed by atoms with van der Waals surface area (Å²) in [7, 11) is 1.68. The minimum absolute atomic E-state index is 0.298. The number of rotatable bonds is 4. The number of amides is 1. The van der Waals surface area contributed by atoms with E-state index in [1.807, 2.05) is 4.90 Å². The number of nitrogens with one attached hydrogen (secondary N) is 1. The first-order valence-corrected chi connectivity index (χ1v) is 6.32. The summed E-state index contributed by atoms with van der Waals surface area (Å²) >= 11 is 0. The second-order valence-electron chi connectivity index (χ2n) is 4.86. The van der Waals surface area contributed by atoms with Crippen LogP contribution in [0.4, 0.5) is 0 Å². The maximum absolute atomic E-state index is 11.9. The minimum Gasteiger partial charge on any atom is -0.385 e. The molecule has 2 heterocycles. The molecule has 1 amide bonds. The lowest BCUT2D eigenvalue weighted by molar-refractivity contribution is -0.131. The van der Waals surface area contributed by atoms with E-state index in [0.717, 1.165) is 25.9 Å². The van der Waals surface area contributed by atoms with E-state index in [1.165, 1.54) is 12.8 Å². The smallest absolute Gasteiger partial charge is 0.222 e. The zero-order chi connectivity index (χ0) is 11.4. The monoisotopic (exact) mass is 226 g/mol. The molecule has 0 aliphatic carbocycles. The SMILES string of the molecule is COCCCC(=O)N1CCC2CCC(C1)N2. The van der Waals surface area contributed by atoms with Crippen molar-refractivity contribution < 1.29 is 9.53 Å². The number of methoxy groups -OCH3 is 1. The molecule has 2 rings (SSSR count). The molecule has 16 heavy (non-hydrogen) atoms. The van der Waals surface area contributed by atoms with Crippen LogP contribution in [0.5, 0.6) is 0 Å². The number of fused-ring (bicyclic) bond motifs is 2. The lowest BCUT2D eigenvalue weighted by atomic mass is 10.1. The third kappa shape index (κ3) is 2.95. The topological polar surface area (TPSA) is 41.6 Å². The first kappa shape index (κ1) is 11.9. The van der Waals surface area contributed by atoms with Crippen LogP contribution < -0.4 is 5.32 Å². The van der Waals surface area contributed by atoms with Gasteiger partial charge in [-0.1, -0.05) is 0 Å². The Balaban J connectivity index is 1.78. The maximum atomic E-state index is 11.9. The number of carbonyl (C=O) groups is 1. The average molecular weight is 226 g/mol. The Labute approximate surface area is 97.3 Å². The van der Waals surface area contributed by atoms with Crippen molar-refractivity contribution in [2.45, 2.75) is 44.2 Å². The Kier molecular flexibility index (Phi) is 4.18. The number of ether oxygens (including phenoxy) is 1. The summed E-state index contributed by atoms with van der Waals surface area (Å²) in [4.78, 5) is 14.0. The molecule has 2 atom stereocenters. The van der Waals surface area contributed by atoms with E-state index in [-0.39, 0.29) is 0 Å². The van der Waals surface area contributed by atoms with Crippen molar-refractivity contribution in [3.05, 3.63) is 0 Å². The molecule has 0 aromatic heterocycles. The van der Waals surface area contributed by atoms with Crippen molar-refractivity contribution in [1.29, 1.82) is 0 Å². The van der Waals surface area contributed by atoms with E-state index in [4.69, 9.17) is 4.74 Å². The molecule has 4 nitrogen and oxygen atoms in total. The van der Waals surface area contributed by atoms with Crippen molar-refractivity contribution in [3.8, 4) is 0 Å². The Bertz CT molecular complexity index is 245. The molecule has 0 radical (unpaired) electrons. The van der Waals surface area contributed by atoms with E-state index in [1.54, 1.807) is 7.11 Å². The third-order valence-electron chi connectivity index (χ3n) is 3.62. The predicted molar refractivity (Wildman–Crippen MR) is 62.3 cm³/mol. The largest absolute Gasteiger partial charge is 0.385 e. The normalized spacial score (nSPS) is 29.2. The minimum atomic E-state index is 0.298. The summed E-state index contributed by atoms with van der Waals surface area (Å²) in [6, 6.07) is 1.20. The van der Waals surface area contributed by atoms with Gasteiger partial charge in [0.15, 0.2) is 0 Å². The number of nitrogens with zero attached hydrogens (tertiary/aromatic N) is 1. The molecule has 2 aliphatic rings. The first-order chi connectivity index (χ1) is 7.79. The van der Waals surface area contributed by atoms with Gasteiger partial charge in [-0.15, -0.1) is 0 Å². The highest BCUT2D eigenvalue weighted by atomic mass is 16.5. The van der Waals surface area contributed by atoms with Crippen LogP contribution in [0, 0.1) is 0 Å². The molecule has 0 spiro atoms. The van der Waals surface area contributed by atoms with Crippen molar-refractivity contribution in [1.82, 2.24) is 10.2 Å². The van der Waals surface area contributed by atoms with E-state index < -0.39 is 0 Å². The van der Waals surface area contributed by atoms with Gasteiger partial charge in [0, 0.05) is 45.3 Å². The Morgan fingerprint density at radius 1 is 1.38 bits per heavy atom. The lowest BCUT2D eigenvalue weighted by Crippen LogP contribution is -2.39. The summed E-state index contributed by atoms with van der Waals surface area (Å²) in [5.41, 5.74) is 0. The van der Waals surface area contributed by atoms with Crippen molar-refractivity contribution >= 4 is 5.91 Å². The molecule has 92 valence electrons. The van der Waals surface area contributed by atoms with E-state index in [9.17, 15) is 4.79 Å². The van der Waals surface area contributed by atoms with Crippen molar-refractivity contribution in [2.75, 3.05) is 26.8 Å². The molecule has 2 unspecified atom stereocenters. The molecule has 1 N–H and O–H groups in total. The third-order valence-corrected chi connectivity index (χ3v) is 3.62. The molecule has 2 fully saturated rings. The molecular formula is C12H22N2O2. The Morgan fingerprint density at radius 3 is 3.00 bits per heavy atom. The van der Waals surface area contributed by atoms with Gasteiger partial charge in [-0.05, 0) is 25.7 Å². The van der Waals surface area contributed by atoms with Crippen LogP contribution >= 0.6 is 0 Å². The second-order valence-corrected chi connectivity index (χ2v) is 4.86. The van der Waals surface area contributed by atoms with Gasteiger partial charge >= 0.3 is 0 Å². The number of hydrogen-bond acceptors (Lipinski definition) is 3. The highest BCUT2D eigenvalue weighted by Gasteiger charge is 2.30. The molecule has 0 aromatic carbocycles. The molecule has 0 saturated carbocycles. The van der Waals surface area contributed by atoms with E-state index >= 15 is 0 Å². The van der Waals surface area contributed by atoms with Gasteiger partial charge in [-0.25, -0.2) is 0 Å². The summed E-state index contributed by atoms with van der Waals surface area (Å²) in [6.45, 7) is 2.52. The molecule has 2 bridgehead atoms. The summed E-state index contributed by atoms with van der Waals surface area (Å²) < 4.78 is 4.97. The van der Waals surface area contributed by atoms with E-state index in [2.05, 4.69) is 5.32 Å². The fraction of sp³-hybridized carbons (Fsp3) is 0.917. The first-order valence-electron chi connectivity index (χ1n) is 6.32. The Morgan fingerprint density at radius 2 is 2.19 bits per heavy atom. The fourth-order valence-electron chi connectivity index (χ4n) is 2.70. The van der Waals surface area contributed by atoms with Crippen molar-refractivity contribution in [3.63, 3.8) is 0 Å². The van der Waals surface area contributed by atoms with Crippen LogP contribution in [-0.2, 0) is 9.53 Å². The van der Waals surface area contributed by atoms with Crippen LogP contribution in [0.2, 0.25) is 0 Å². The van der Waals surface area contributed by atoms with Crippen LogP contribution in [-0.4, -0.2) is 49.7 Å². The molecule has 2 saturated heterocycles. The summed E-state index contributed by atoms with van der Waals surface area (Å²) in [5, 5.41) is 3.59.